The van der Waals surface area contributed by atoms with E-state index in [9.17, 15) is 4.79 Å². The third kappa shape index (κ3) is 2.41. The van der Waals surface area contributed by atoms with E-state index < -0.39 is 0 Å². The van der Waals surface area contributed by atoms with Crippen LogP contribution in [0.5, 0.6) is 0 Å². The van der Waals surface area contributed by atoms with Crippen molar-refractivity contribution < 1.29 is 4.79 Å². The number of aromatic nitrogens is 4. The number of carbonyl (C=O) groups excluding carboxylic acids is 1. The Morgan fingerprint density at radius 2 is 2.05 bits per heavy atom. The third-order valence-corrected chi connectivity index (χ3v) is 2.65. The van der Waals surface area contributed by atoms with Gasteiger partial charge in [-0.25, -0.2) is 15.4 Å². The minimum absolute atomic E-state index is 0.188. The molecule has 0 fully saturated rings. The highest BCUT2D eigenvalue weighted by atomic mass is 16.2. The van der Waals surface area contributed by atoms with E-state index >= 15 is 0 Å². The van der Waals surface area contributed by atoms with Gasteiger partial charge in [-0.1, -0.05) is 12.1 Å². The van der Waals surface area contributed by atoms with E-state index in [1.165, 1.54) is 18.0 Å². The molecular formula is C13H12N6O. The maximum absolute atomic E-state index is 10.9. The number of hydrogen-bond acceptors (Lipinski definition) is 5. The Bertz CT molecular complexity index is 761. The summed E-state index contributed by atoms with van der Waals surface area (Å²) in [6.45, 7) is 1.42. The average Bonchev–Trinajstić information content (AvgIpc) is 2.86. The first-order valence-electron chi connectivity index (χ1n) is 6.02. The van der Waals surface area contributed by atoms with Crippen molar-refractivity contribution in [2.75, 3.05) is 10.7 Å². The zero-order valence-electron chi connectivity index (χ0n) is 10.7. The summed E-state index contributed by atoms with van der Waals surface area (Å²) in [6, 6.07) is 9.44. The first-order chi connectivity index (χ1) is 9.72. The van der Waals surface area contributed by atoms with Gasteiger partial charge in [-0.2, -0.15) is 4.79 Å². The molecule has 3 rings (SSSR count). The van der Waals surface area contributed by atoms with Gasteiger partial charge in [0.05, 0.1) is 11.7 Å². The van der Waals surface area contributed by atoms with Crippen LogP contribution in [0, 0.1) is 0 Å². The summed E-state index contributed by atoms with van der Waals surface area (Å²) in [5.74, 6) is 1.07. The van der Waals surface area contributed by atoms with Crippen LogP contribution in [0.4, 0.5) is 11.6 Å². The maximum Gasteiger partial charge on any atom is 0.236 e. The molecule has 0 aliphatic carbocycles. The smallest absolute Gasteiger partial charge is 0.236 e. The first kappa shape index (κ1) is 12.1. The minimum atomic E-state index is -0.188. The quantitative estimate of drug-likeness (QED) is 0.754. The fourth-order valence-electron chi connectivity index (χ4n) is 1.84. The van der Waals surface area contributed by atoms with Gasteiger partial charge in [0.2, 0.25) is 5.91 Å². The predicted octanol–water partition coefficient (Wildman–Crippen LogP) is 1.66. The second kappa shape index (κ2) is 4.96. The van der Waals surface area contributed by atoms with Crippen LogP contribution < -0.4 is 10.7 Å². The SMILES string of the molecule is CC(=O)Nn1ccc(Nc2ncnc3ccccc23)n1. The van der Waals surface area contributed by atoms with E-state index in [1.807, 2.05) is 24.3 Å². The summed E-state index contributed by atoms with van der Waals surface area (Å²) >= 11 is 0. The van der Waals surface area contributed by atoms with Crippen molar-refractivity contribution in [3.05, 3.63) is 42.9 Å². The Kier molecular flexibility index (Phi) is 3.00. The normalized spacial score (nSPS) is 10.4. The summed E-state index contributed by atoms with van der Waals surface area (Å²) in [5.41, 5.74) is 3.40. The Hall–Kier alpha value is -2.96. The van der Waals surface area contributed by atoms with Gasteiger partial charge in [0, 0.05) is 18.4 Å². The molecule has 2 heterocycles. The van der Waals surface area contributed by atoms with Crippen molar-refractivity contribution in [1.29, 1.82) is 0 Å². The van der Waals surface area contributed by atoms with Crippen molar-refractivity contribution >= 4 is 28.4 Å². The molecule has 0 aliphatic rings. The molecule has 0 unspecified atom stereocenters. The third-order valence-electron chi connectivity index (χ3n) is 2.65. The molecular weight excluding hydrogens is 256 g/mol. The van der Waals surface area contributed by atoms with Crippen LogP contribution >= 0.6 is 0 Å². The number of benzene rings is 1. The number of fused-ring (bicyclic) bond motifs is 1. The molecule has 0 bridgehead atoms. The molecule has 0 radical (unpaired) electrons. The Morgan fingerprint density at radius 1 is 1.20 bits per heavy atom. The highest BCUT2D eigenvalue weighted by Gasteiger charge is 2.05. The van der Waals surface area contributed by atoms with E-state index in [4.69, 9.17) is 0 Å². The van der Waals surface area contributed by atoms with Crippen molar-refractivity contribution in [3.8, 4) is 0 Å². The van der Waals surface area contributed by atoms with Crippen LogP contribution in [0.15, 0.2) is 42.9 Å². The standard InChI is InChI=1S/C13H12N6O/c1-9(20)17-19-7-6-12(18-19)16-13-10-4-2-3-5-11(10)14-8-15-13/h2-8H,1H3,(H,17,20)(H,14,15,16,18). The summed E-state index contributed by atoms with van der Waals surface area (Å²) in [6.07, 6.45) is 3.14. The topological polar surface area (TPSA) is 84.7 Å². The van der Waals surface area contributed by atoms with Crippen molar-refractivity contribution in [1.82, 2.24) is 19.9 Å². The van der Waals surface area contributed by atoms with E-state index in [0.717, 1.165) is 10.9 Å². The second-order valence-electron chi connectivity index (χ2n) is 4.18. The van der Waals surface area contributed by atoms with Crippen molar-refractivity contribution in [2.45, 2.75) is 6.92 Å². The molecule has 2 N–H and O–H groups in total. The predicted molar refractivity (Wildman–Crippen MR) is 75.1 cm³/mol. The maximum atomic E-state index is 10.9. The first-order valence-corrected chi connectivity index (χ1v) is 6.02. The van der Waals surface area contributed by atoms with E-state index in [-0.39, 0.29) is 5.91 Å². The number of carbonyl (C=O) groups is 1. The highest BCUT2D eigenvalue weighted by Crippen LogP contribution is 2.21. The van der Waals surface area contributed by atoms with Gasteiger partial charge >= 0.3 is 0 Å². The zero-order valence-corrected chi connectivity index (χ0v) is 10.7. The number of rotatable bonds is 3. The lowest BCUT2D eigenvalue weighted by molar-refractivity contribution is -0.115. The largest absolute Gasteiger partial charge is 0.323 e. The van der Waals surface area contributed by atoms with Gasteiger partial charge in [-0.3, -0.25) is 4.79 Å². The fraction of sp³-hybridized carbons (Fsp3) is 0.0769. The van der Waals surface area contributed by atoms with Crippen LogP contribution in [0.3, 0.4) is 0 Å². The number of hydrogen-bond donors (Lipinski definition) is 2. The van der Waals surface area contributed by atoms with Crippen LogP contribution in [-0.4, -0.2) is 25.8 Å². The number of para-hydroxylation sites is 1. The monoisotopic (exact) mass is 268 g/mol. The van der Waals surface area contributed by atoms with Crippen molar-refractivity contribution in [3.63, 3.8) is 0 Å². The Labute approximate surface area is 114 Å². The van der Waals surface area contributed by atoms with Gasteiger partial charge in [0.1, 0.15) is 12.1 Å². The van der Waals surface area contributed by atoms with Gasteiger partial charge in [-0.15, -0.1) is 5.10 Å². The summed E-state index contributed by atoms with van der Waals surface area (Å²) in [5, 5.41) is 8.18. The molecule has 0 saturated carbocycles. The van der Waals surface area contributed by atoms with E-state index in [0.29, 0.717) is 11.6 Å². The molecule has 1 aromatic carbocycles. The summed E-state index contributed by atoms with van der Waals surface area (Å²) < 4.78 is 0. The molecule has 7 nitrogen and oxygen atoms in total. The lowest BCUT2D eigenvalue weighted by Gasteiger charge is -2.05. The summed E-state index contributed by atoms with van der Waals surface area (Å²) in [4.78, 5) is 20.7. The van der Waals surface area contributed by atoms with Crippen LogP contribution in [0.1, 0.15) is 6.92 Å². The molecule has 0 atom stereocenters. The van der Waals surface area contributed by atoms with Gasteiger partial charge in [0.25, 0.3) is 0 Å². The van der Waals surface area contributed by atoms with Crippen molar-refractivity contribution in [2.24, 2.45) is 0 Å². The number of nitrogens with zero attached hydrogens (tertiary/aromatic N) is 4. The molecule has 0 aliphatic heterocycles. The molecule has 0 spiro atoms. The van der Waals surface area contributed by atoms with Crippen LogP contribution in [-0.2, 0) is 4.79 Å². The molecule has 20 heavy (non-hydrogen) atoms. The lowest BCUT2D eigenvalue weighted by atomic mass is 10.2. The number of nitrogens with one attached hydrogen (secondary N) is 2. The average molecular weight is 268 g/mol. The second-order valence-corrected chi connectivity index (χ2v) is 4.18. The highest BCUT2D eigenvalue weighted by molar-refractivity contribution is 5.90. The number of anilines is 2. The molecule has 7 heteroatoms. The Balaban J connectivity index is 1.89. The lowest BCUT2D eigenvalue weighted by Crippen LogP contribution is -2.20. The van der Waals surface area contributed by atoms with Gasteiger partial charge < -0.3 is 5.32 Å². The fourth-order valence-corrected chi connectivity index (χ4v) is 1.84. The molecule has 3 aromatic rings. The zero-order chi connectivity index (χ0) is 13.9. The molecule has 100 valence electrons. The number of amides is 1. The van der Waals surface area contributed by atoms with Gasteiger partial charge in [-0.05, 0) is 12.1 Å². The van der Waals surface area contributed by atoms with E-state index in [2.05, 4.69) is 25.8 Å². The molecule has 1 amide bonds. The summed E-state index contributed by atoms with van der Waals surface area (Å²) in [7, 11) is 0. The minimum Gasteiger partial charge on any atom is -0.323 e. The Morgan fingerprint density at radius 3 is 2.90 bits per heavy atom. The van der Waals surface area contributed by atoms with Crippen LogP contribution in [0.2, 0.25) is 0 Å². The molecule has 2 aromatic heterocycles. The van der Waals surface area contributed by atoms with Crippen LogP contribution in [0.25, 0.3) is 10.9 Å². The van der Waals surface area contributed by atoms with E-state index in [1.54, 1.807) is 12.3 Å². The molecule has 0 saturated heterocycles. The van der Waals surface area contributed by atoms with Gasteiger partial charge in [0.15, 0.2) is 5.82 Å².